The zero-order valence-electron chi connectivity index (χ0n) is 18.7. The van der Waals surface area contributed by atoms with Crippen LogP contribution in [0.15, 0.2) is 66.7 Å². The third-order valence-corrected chi connectivity index (χ3v) is 6.22. The van der Waals surface area contributed by atoms with E-state index in [4.69, 9.17) is 0 Å². The lowest BCUT2D eigenvalue weighted by molar-refractivity contribution is -0.384. The van der Waals surface area contributed by atoms with Gasteiger partial charge in [-0.3, -0.25) is 19.7 Å². The van der Waals surface area contributed by atoms with Gasteiger partial charge in [-0.25, -0.2) is 9.69 Å². The maximum absolute atomic E-state index is 13.6. The van der Waals surface area contributed by atoms with Gasteiger partial charge in [-0.2, -0.15) is 0 Å². The maximum atomic E-state index is 13.6. The summed E-state index contributed by atoms with van der Waals surface area (Å²) in [7, 11) is 0. The summed E-state index contributed by atoms with van der Waals surface area (Å²) in [4.78, 5) is 51.0. The van der Waals surface area contributed by atoms with Crippen LogP contribution < -0.4 is 4.90 Å². The summed E-state index contributed by atoms with van der Waals surface area (Å²) in [6.07, 6.45) is 0. The van der Waals surface area contributed by atoms with Crippen LogP contribution in [0.4, 0.5) is 11.4 Å². The first-order chi connectivity index (χ1) is 16.7. The van der Waals surface area contributed by atoms with E-state index in [-0.39, 0.29) is 27.9 Å². The number of nitrogens with zero attached hydrogens (tertiary/aromatic N) is 2. The van der Waals surface area contributed by atoms with Crippen LogP contribution in [0.2, 0.25) is 0 Å². The van der Waals surface area contributed by atoms with E-state index < -0.39 is 22.7 Å². The molecule has 0 unspecified atom stereocenters. The number of imide groups is 1. The number of rotatable bonds is 4. The molecule has 0 saturated heterocycles. The molecule has 0 bridgehead atoms. The van der Waals surface area contributed by atoms with E-state index in [9.17, 15) is 29.6 Å². The molecule has 172 valence electrons. The molecule has 4 aromatic rings. The summed E-state index contributed by atoms with van der Waals surface area (Å²) in [5.41, 5.74) is 2.79. The average molecular weight is 466 g/mol. The Morgan fingerprint density at radius 2 is 1.60 bits per heavy atom. The van der Waals surface area contributed by atoms with Crippen LogP contribution in [0, 0.1) is 24.0 Å². The molecule has 1 N–H and O–H groups in total. The zero-order chi connectivity index (χ0) is 25.0. The van der Waals surface area contributed by atoms with Gasteiger partial charge in [0.15, 0.2) is 0 Å². The number of nitro benzene ring substituents is 1. The molecular weight excluding hydrogens is 448 g/mol. The molecule has 4 aromatic carbocycles. The minimum atomic E-state index is -1.12. The number of hydrogen-bond acceptors (Lipinski definition) is 5. The van der Waals surface area contributed by atoms with Gasteiger partial charge in [0.05, 0.1) is 27.3 Å². The van der Waals surface area contributed by atoms with Gasteiger partial charge in [0.25, 0.3) is 17.5 Å². The number of benzene rings is 4. The smallest absolute Gasteiger partial charge is 0.335 e. The summed E-state index contributed by atoms with van der Waals surface area (Å²) in [5.74, 6) is -2.27. The number of aryl methyl sites for hydroxylation is 2. The number of carboxylic acids is 1. The van der Waals surface area contributed by atoms with Crippen LogP contribution in [0.5, 0.6) is 0 Å². The Bertz CT molecular complexity index is 1600. The van der Waals surface area contributed by atoms with Crippen LogP contribution in [-0.2, 0) is 0 Å². The molecule has 1 heterocycles. The van der Waals surface area contributed by atoms with Crippen LogP contribution in [0.1, 0.15) is 42.2 Å². The Morgan fingerprint density at radius 3 is 2.23 bits per heavy atom. The minimum Gasteiger partial charge on any atom is -0.478 e. The summed E-state index contributed by atoms with van der Waals surface area (Å²) in [5, 5.41) is 22.0. The van der Waals surface area contributed by atoms with Crippen molar-refractivity contribution in [2.24, 2.45) is 0 Å². The quantitative estimate of drug-likeness (QED) is 0.240. The van der Waals surface area contributed by atoms with E-state index in [1.165, 1.54) is 30.3 Å². The Kier molecular flexibility index (Phi) is 4.94. The largest absolute Gasteiger partial charge is 0.478 e. The van der Waals surface area contributed by atoms with Crippen molar-refractivity contribution < 1.29 is 24.4 Å². The van der Waals surface area contributed by atoms with Crippen molar-refractivity contribution in [3.63, 3.8) is 0 Å². The van der Waals surface area contributed by atoms with Gasteiger partial charge in [0, 0.05) is 17.0 Å². The van der Waals surface area contributed by atoms with Gasteiger partial charge in [-0.15, -0.1) is 0 Å². The molecule has 8 nitrogen and oxygen atoms in total. The van der Waals surface area contributed by atoms with Gasteiger partial charge in [0.2, 0.25) is 0 Å². The number of aromatic carboxylic acids is 1. The van der Waals surface area contributed by atoms with Crippen molar-refractivity contribution in [2.45, 2.75) is 13.8 Å². The number of carbonyl (C=O) groups excluding carboxylic acids is 2. The Hall–Kier alpha value is -4.85. The zero-order valence-corrected chi connectivity index (χ0v) is 18.7. The summed E-state index contributed by atoms with van der Waals surface area (Å²) in [6, 6.07) is 17.1. The van der Waals surface area contributed by atoms with Crippen LogP contribution >= 0.6 is 0 Å². The first-order valence-corrected chi connectivity index (χ1v) is 10.7. The van der Waals surface area contributed by atoms with Gasteiger partial charge in [-0.05, 0) is 54.6 Å². The summed E-state index contributed by atoms with van der Waals surface area (Å²) >= 11 is 0. The molecule has 0 radical (unpaired) electrons. The fourth-order valence-corrected chi connectivity index (χ4v) is 4.65. The number of amides is 2. The Balaban J connectivity index is 1.80. The number of hydrogen-bond donors (Lipinski definition) is 1. The maximum Gasteiger partial charge on any atom is 0.335 e. The second-order valence-electron chi connectivity index (χ2n) is 8.42. The molecule has 0 aliphatic carbocycles. The highest BCUT2D eigenvalue weighted by molar-refractivity contribution is 6.37. The summed E-state index contributed by atoms with van der Waals surface area (Å²) < 4.78 is 0. The Labute approximate surface area is 199 Å². The molecule has 35 heavy (non-hydrogen) atoms. The molecule has 1 aliphatic rings. The van der Waals surface area contributed by atoms with E-state index in [0.717, 1.165) is 16.0 Å². The molecule has 8 heteroatoms. The Morgan fingerprint density at radius 1 is 0.914 bits per heavy atom. The van der Waals surface area contributed by atoms with Crippen molar-refractivity contribution in [1.82, 2.24) is 0 Å². The number of nitro groups is 1. The topological polar surface area (TPSA) is 118 Å². The SMILES string of the molecule is Cc1ccc(N2C(=O)c3cccc4c(-c5ccc(C(=O)O)cc5)c([N+](=O)[O-])cc(c34)C2=O)c(C)c1. The molecule has 0 spiro atoms. The minimum absolute atomic E-state index is 0.0357. The van der Waals surface area contributed by atoms with Gasteiger partial charge in [-0.1, -0.05) is 42.0 Å². The van der Waals surface area contributed by atoms with Crippen LogP contribution in [-0.4, -0.2) is 27.8 Å². The van der Waals surface area contributed by atoms with E-state index in [0.29, 0.717) is 22.0 Å². The highest BCUT2D eigenvalue weighted by Gasteiger charge is 2.37. The van der Waals surface area contributed by atoms with E-state index >= 15 is 0 Å². The molecule has 2 amide bonds. The molecule has 5 rings (SSSR count). The van der Waals surface area contributed by atoms with E-state index in [1.807, 2.05) is 13.0 Å². The highest BCUT2D eigenvalue weighted by atomic mass is 16.6. The predicted octanol–water partition coefficient (Wildman–Crippen LogP) is 5.53. The first-order valence-electron chi connectivity index (χ1n) is 10.7. The standard InChI is InChI=1S/C27H18N2O6/c1-14-6-11-21(15(2)12-14)28-25(30)19-5-3-4-18-23(16-7-9-17(10-8-16)27(32)33)22(29(34)35)13-20(24(18)19)26(28)31/h3-13H,1-2H3,(H,32,33). The second kappa shape index (κ2) is 7.88. The van der Waals surface area contributed by atoms with Crippen molar-refractivity contribution in [2.75, 3.05) is 4.90 Å². The number of carbonyl (C=O) groups is 3. The second-order valence-corrected chi connectivity index (χ2v) is 8.42. The fraction of sp³-hybridized carbons (Fsp3) is 0.0741. The lowest BCUT2D eigenvalue weighted by Gasteiger charge is -2.29. The van der Waals surface area contributed by atoms with Crippen molar-refractivity contribution in [3.05, 3.63) is 105 Å². The van der Waals surface area contributed by atoms with Crippen LogP contribution in [0.25, 0.3) is 21.9 Å². The fourth-order valence-electron chi connectivity index (χ4n) is 4.65. The highest BCUT2D eigenvalue weighted by Crippen LogP contribution is 2.43. The summed E-state index contributed by atoms with van der Waals surface area (Å²) in [6.45, 7) is 3.70. The lowest BCUT2D eigenvalue weighted by Crippen LogP contribution is -2.41. The molecule has 1 aliphatic heterocycles. The average Bonchev–Trinajstić information content (AvgIpc) is 2.83. The first kappa shape index (κ1) is 22.0. The molecule has 0 saturated carbocycles. The van der Waals surface area contributed by atoms with Gasteiger partial charge in [0.1, 0.15) is 0 Å². The third-order valence-electron chi connectivity index (χ3n) is 6.22. The number of anilines is 1. The molecule has 0 fully saturated rings. The van der Waals surface area contributed by atoms with Gasteiger partial charge < -0.3 is 5.11 Å². The van der Waals surface area contributed by atoms with Gasteiger partial charge >= 0.3 is 5.97 Å². The number of carboxylic acid groups (broad SMARTS) is 1. The van der Waals surface area contributed by atoms with Crippen molar-refractivity contribution >= 4 is 39.9 Å². The monoisotopic (exact) mass is 466 g/mol. The van der Waals surface area contributed by atoms with E-state index in [2.05, 4.69) is 0 Å². The molecular formula is C27H18N2O6. The van der Waals surface area contributed by atoms with Crippen LogP contribution in [0.3, 0.4) is 0 Å². The molecule has 0 atom stereocenters. The van der Waals surface area contributed by atoms with Crippen molar-refractivity contribution in [3.8, 4) is 11.1 Å². The molecule has 0 aromatic heterocycles. The normalized spacial score (nSPS) is 12.8. The third kappa shape index (κ3) is 3.34. The lowest BCUT2D eigenvalue weighted by atomic mass is 9.87. The predicted molar refractivity (Wildman–Crippen MR) is 130 cm³/mol. The van der Waals surface area contributed by atoms with E-state index in [1.54, 1.807) is 37.3 Å². The van der Waals surface area contributed by atoms with Crippen molar-refractivity contribution in [1.29, 1.82) is 0 Å².